The molecule has 0 aliphatic carbocycles. The van der Waals surface area contributed by atoms with Crippen LogP contribution < -0.4 is 10.3 Å². The zero-order valence-electron chi connectivity index (χ0n) is 11.1. The van der Waals surface area contributed by atoms with Crippen molar-refractivity contribution in [1.82, 2.24) is 4.57 Å². The lowest BCUT2D eigenvalue weighted by Gasteiger charge is -2.15. The van der Waals surface area contributed by atoms with E-state index >= 15 is 0 Å². The van der Waals surface area contributed by atoms with Crippen molar-refractivity contribution in [2.75, 3.05) is 19.0 Å². The largest absolute Gasteiger partial charge is 0.503 e. The first kappa shape index (κ1) is 15.1. The van der Waals surface area contributed by atoms with E-state index in [2.05, 4.69) is 0 Å². The first-order valence-electron chi connectivity index (χ1n) is 5.69. The van der Waals surface area contributed by atoms with Gasteiger partial charge in [-0.1, -0.05) is 0 Å². The summed E-state index contributed by atoms with van der Waals surface area (Å²) in [7, 11) is 3.96. The van der Waals surface area contributed by atoms with Crippen molar-refractivity contribution in [2.24, 2.45) is 0 Å². The molecule has 1 N–H and O–H groups in total. The molecule has 0 spiro atoms. The molecule has 4 nitrogen and oxygen atoms in total. The van der Waals surface area contributed by atoms with E-state index in [1.54, 1.807) is 17.7 Å². The smallest absolute Gasteiger partial charge is 0.223 e. The summed E-state index contributed by atoms with van der Waals surface area (Å²) >= 11 is 0. The van der Waals surface area contributed by atoms with Gasteiger partial charge in [0.1, 0.15) is 0 Å². The summed E-state index contributed by atoms with van der Waals surface area (Å²) in [6.45, 7) is 1.72. The summed E-state index contributed by atoms with van der Waals surface area (Å²) in [6, 6.07) is 9.24. The van der Waals surface area contributed by atoms with Crippen LogP contribution in [0.4, 0.5) is 5.69 Å². The van der Waals surface area contributed by atoms with Gasteiger partial charge in [-0.2, -0.15) is 0 Å². The van der Waals surface area contributed by atoms with Crippen LogP contribution >= 0.6 is 12.4 Å². The van der Waals surface area contributed by atoms with Gasteiger partial charge < -0.3 is 14.6 Å². The van der Waals surface area contributed by atoms with Crippen LogP contribution in [0.25, 0.3) is 5.69 Å². The number of aromatic hydroxyl groups is 1. The molecule has 0 fully saturated rings. The van der Waals surface area contributed by atoms with Crippen LogP contribution in [0, 0.1) is 6.92 Å². The molecule has 1 aromatic heterocycles. The molecule has 5 heteroatoms. The van der Waals surface area contributed by atoms with Crippen LogP contribution in [0.3, 0.4) is 0 Å². The Morgan fingerprint density at radius 1 is 1.11 bits per heavy atom. The number of hydrogen-bond acceptors (Lipinski definition) is 3. The Morgan fingerprint density at radius 2 is 1.68 bits per heavy atom. The Hall–Kier alpha value is -1.94. The van der Waals surface area contributed by atoms with Crippen molar-refractivity contribution < 1.29 is 5.11 Å². The number of aromatic nitrogens is 1. The molecule has 0 aliphatic rings. The third-order valence-corrected chi connectivity index (χ3v) is 2.96. The highest BCUT2D eigenvalue weighted by Crippen LogP contribution is 2.19. The number of anilines is 1. The number of benzene rings is 1. The van der Waals surface area contributed by atoms with Gasteiger partial charge in [-0.25, -0.2) is 0 Å². The Morgan fingerprint density at radius 3 is 2.21 bits per heavy atom. The number of rotatable bonds is 2. The summed E-state index contributed by atoms with van der Waals surface area (Å²) in [5.74, 6) is -0.200. The summed E-state index contributed by atoms with van der Waals surface area (Å²) in [5, 5.41) is 9.65. The normalized spacial score (nSPS) is 9.84. The van der Waals surface area contributed by atoms with Crippen molar-refractivity contribution in [1.29, 1.82) is 0 Å². The average Bonchev–Trinajstić information content (AvgIpc) is 2.36. The molecular weight excluding hydrogens is 264 g/mol. The molecule has 2 aromatic rings. The molecule has 0 aliphatic heterocycles. The molecule has 0 bridgehead atoms. The van der Waals surface area contributed by atoms with Gasteiger partial charge >= 0.3 is 0 Å². The van der Waals surface area contributed by atoms with Gasteiger partial charge in [0.15, 0.2) is 5.75 Å². The first-order valence-corrected chi connectivity index (χ1v) is 5.69. The summed E-state index contributed by atoms with van der Waals surface area (Å²) in [6.07, 6.45) is 1.67. The van der Waals surface area contributed by atoms with Crippen molar-refractivity contribution in [3.8, 4) is 11.4 Å². The number of pyridine rings is 1. The monoisotopic (exact) mass is 280 g/mol. The summed E-state index contributed by atoms with van der Waals surface area (Å²) in [5.41, 5.74) is 2.20. The quantitative estimate of drug-likeness (QED) is 0.918. The fourth-order valence-electron chi connectivity index (χ4n) is 1.82. The van der Waals surface area contributed by atoms with E-state index in [-0.39, 0.29) is 23.6 Å². The molecule has 0 saturated heterocycles. The molecule has 2 rings (SSSR count). The van der Waals surface area contributed by atoms with Crippen molar-refractivity contribution in [3.63, 3.8) is 0 Å². The first-order chi connectivity index (χ1) is 8.50. The van der Waals surface area contributed by atoms with E-state index < -0.39 is 0 Å². The van der Waals surface area contributed by atoms with E-state index in [0.717, 1.165) is 11.4 Å². The predicted octanol–water partition coefficient (Wildman–Crippen LogP) is 2.34. The average molecular weight is 281 g/mol. The van der Waals surface area contributed by atoms with Gasteiger partial charge in [0, 0.05) is 37.7 Å². The molecule has 19 heavy (non-hydrogen) atoms. The molecule has 0 amide bonds. The van der Waals surface area contributed by atoms with Gasteiger partial charge in [-0.15, -0.1) is 12.4 Å². The van der Waals surface area contributed by atoms with Crippen LogP contribution in [-0.2, 0) is 0 Å². The highest BCUT2D eigenvalue weighted by molar-refractivity contribution is 5.85. The number of halogens is 1. The number of hydrogen-bond donors (Lipinski definition) is 1. The molecule has 1 heterocycles. The maximum Gasteiger partial charge on any atom is 0.223 e. The second-order valence-corrected chi connectivity index (χ2v) is 4.39. The fourth-order valence-corrected chi connectivity index (χ4v) is 1.82. The van der Waals surface area contributed by atoms with E-state index in [1.807, 2.05) is 43.3 Å². The van der Waals surface area contributed by atoms with Gasteiger partial charge in [-0.3, -0.25) is 4.79 Å². The minimum Gasteiger partial charge on any atom is -0.503 e. The molecule has 0 unspecified atom stereocenters. The molecule has 0 atom stereocenters. The Labute approximate surface area is 118 Å². The lowest BCUT2D eigenvalue weighted by Crippen LogP contribution is -2.10. The van der Waals surface area contributed by atoms with E-state index in [9.17, 15) is 9.90 Å². The van der Waals surface area contributed by atoms with Crippen molar-refractivity contribution >= 4 is 18.1 Å². The lowest BCUT2D eigenvalue weighted by atomic mass is 10.2. The molecule has 102 valence electrons. The van der Waals surface area contributed by atoms with Crippen LogP contribution in [0.1, 0.15) is 5.69 Å². The third kappa shape index (κ3) is 2.90. The zero-order chi connectivity index (χ0) is 13.3. The van der Waals surface area contributed by atoms with Crippen molar-refractivity contribution in [2.45, 2.75) is 6.92 Å². The van der Waals surface area contributed by atoms with Crippen LogP contribution in [0.15, 0.2) is 41.3 Å². The lowest BCUT2D eigenvalue weighted by molar-refractivity contribution is 0.459. The van der Waals surface area contributed by atoms with Gasteiger partial charge in [0.25, 0.3) is 0 Å². The van der Waals surface area contributed by atoms with Gasteiger partial charge in [0.05, 0.1) is 5.69 Å². The topological polar surface area (TPSA) is 45.5 Å². The Balaban J connectivity index is 0.00000180. The highest BCUT2D eigenvalue weighted by Gasteiger charge is 2.06. The minimum atomic E-state index is -0.353. The maximum atomic E-state index is 11.3. The molecule has 0 radical (unpaired) electrons. The second kappa shape index (κ2) is 5.80. The van der Waals surface area contributed by atoms with Gasteiger partial charge in [0.2, 0.25) is 5.43 Å². The fraction of sp³-hybridized carbons (Fsp3) is 0.214. The Kier molecular flexibility index (Phi) is 4.62. The minimum absolute atomic E-state index is 0. The summed E-state index contributed by atoms with van der Waals surface area (Å²) in [4.78, 5) is 13.3. The van der Waals surface area contributed by atoms with Crippen LogP contribution in [0.2, 0.25) is 0 Å². The number of nitrogens with zero attached hydrogens (tertiary/aromatic N) is 2. The van der Waals surface area contributed by atoms with E-state index in [4.69, 9.17) is 0 Å². The highest BCUT2D eigenvalue weighted by atomic mass is 35.5. The SMILES string of the molecule is Cc1c(O)c(=O)ccn1-c1ccc(N(C)C)cc1.Cl. The zero-order valence-corrected chi connectivity index (χ0v) is 11.9. The Bertz CT molecular complexity index is 618. The van der Waals surface area contributed by atoms with Crippen LogP contribution in [0.5, 0.6) is 5.75 Å². The molecule has 0 saturated carbocycles. The molecule has 1 aromatic carbocycles. The van der Waals surface area contributed by atoms with E-state index in [0.29, 0.717) is 5.69 Å². The maximum absolute atomic E-state index is 11.3. The second-order valence-electron chi connectivity index (χ2n) is 4.39. The van der Waals surface area contributed by atoms with Crippen molar-refractivity contribution in [3.05, 3.63) is 52.4 Å². The standard InChI is InChI=1S/C14H16N2O2.ClH/c1-10-14(18)13(17)8-9-16(10)12-6-4-11(5-7-12)15(2)3;/h4-9,18H,1-3H3;1H. The van der Waals surface area contributed by atoms with E-state index in [1.165, 1.54) is 6.07 Å². The summed E-state index contributed by atoms with van der Waals surface area (Å²) < 4.78 is 1.79. The third-order valence-electron chi connectivity index (χ3n) is 2.96. The van der Waals surface area contributed by atoms with Crippen LogP contribution in [-0.4, -0.2) is 23.8 Å². The van der Waals surface area contributed by atoms with Gasteiger partial charge in [-0.05, 0) is 31.2 Å². The molecular formula is C14H17ClN2O2. The predicted molar refractivity (Wildman–Crippen MR) is 80.0 cm³/mol.